The van der Waals surface area contributed by atoms with Crippen molar-refractivity contribution < 1.29 is 23.1 Å². The summed E-state index contributed by atoms with van der Waals surface area (Å²) in [4.78, 5) is 32.0. The fourth-order valence-electron chi connectivity index (χ4n) is 4.05. The summed E-state index contributed by atoms with van der Waals surface area (Å²) in [6.45, 7) is -0.710. The van der Waals surface area contributed by atoms with E-state index in [0.717, 1.165) is 16.3 Å². The van der Waals surface area contributed by atoms with Crippen molar-refractivity contribution in [2.45, 2.75) is 24.5 Å². The van der Waals surface area contributed by atoms with Crippen molar-refractivity contribution >= 4 is 23.6 Å². The average molecular weight is 467 g/mol. The summed E-state index contributed by atoms with van der Waals surface area (Å²) < 4.78 is 33.2. The van der Waals surface area contributed by atoms with E-state index < -0.39 is 43.3 Å². The summed E-state index contributed by atoms with van der Waals surface area (Å²) in [5.74, 6) is -3.64. The van der Waals surface area contributed by atoms with Gasteiger partial charge in [-0.1, -0.05) is 18.2 Å². The summed E-state index contributed by atoms with van der Waals surface area (Å²) in [5.41, 5.74) is 1.78. The number of nitrogens with one attached hydrogen (secondary N) is 1. The lowest BCUT2D eigenvalue weighted by molar-refractivity contribution is -0.131. The van der Waals surface area contributed by atoms with Crippen molar-refractivity contribution in [3.63, 3.8) is 0 Å². The van der Waals surface area contributed by atoms with E-state index in [4.69, 9.17) is 10.00 Å². The highest BCUT2D eigenvalue weighted by molar-refractivity contribution is 5.99. The number of aromatic nitrogens is 1. The van der Waals surface area contributed by atoms with E-state index in [1.165, 1.54) is 18.5 Å². The standard InChI is InChI=1S/C24H23F2N5O3/c1-30-14-18(34-21-5-3-2-4-20(21)30)7-6-16-12-28-9-8-19(16)23(33)29-13-22(32)31-15-24(25,26)10-17(31)11-27/h2-9,12,17-18H,10,13-15H2,1H3,(H,29,33). The number of ether oxygens (including phenoxy) is 1. The molecule has 1 fully saturated rings. The van der Waals surface area contributed by atoms with Gasteiger partial charge in [0.1, 0.15) is 17.9 Å². The maximum Gasteiger partial charge on any atom is 0.268 e. The number of hydrogen-bond donors (Lipinski definition) is 1. The summed E-state index contributed by atoms with van der Waals surface area (Å²) in [6.07, 6.45) is 5.56. The van der Waals surface area contributed by atoms with E-state index in [9.17, 15) is 18.4 Å². The molecule has 2 amide bonds. The molecule has 1 N–H and O–H groups in total. The smallest absolute Gasteiger partial charge is 0.268 e. The predicted octanol–water partition coefficient (Wildman–Crippen LogP) is 2.48. The van der Waals surface area contributed by atoms with Gasteiger partial charge < -0.3 is 19.9 Å². The van der Waals surface area contributed by atoms with Crippen LogP contribution < -0.4 is 15.0 Å². The van der Waals surface area contributed by atoms with Gasteiger partial charge in [0, 0.05) is 37.0 Å². The summed E-state index contributed by atoms with van der Waals surface area (Å²) in [7, 11) is 1.97. The fourth-order valence-corrected chi connectivity index (χ4v) is 4.05. The first-order valence-electron chi connectivity index (χ1n) is 10.7. The van der Waals surface area contributed by atoms with E-state index in [1.54, 1.807) is 12.1 Å². The Balaban J connectivity index is 1.41. The molecule has 176 valence electrons. The first kappa shape index (κ1) is 23.2. The molecule has 2 aliphatic rings. The van der Waals surface area contributed by atoms with E-state index in [0.29, 0.717) is 12.1 Å². The Bertz CT molecular complexity index is 1160. The van der Waals surface area contributed by atoms with Gasteiger partial charge in [0.15, 0.2) is 0 Å². The lowest BCUT2D eigenvalue weighted by atomic mass is 10.1. The largest absolute Gasteiger partial charge is 0.482 e. The Labute approximate surface area is 195 Å². The van der Waals surface area contributed by atoms with Crippen molar-refractivity contribution in [1.82, 2.24) is 15.2 Å². The van der Waals surface area contributed by atoms with Crippen LogP contribution in [0.2, 0.25) is 0 Å². The molecule has 1 aromatic carbocycles. The van der Waals surface area contributed by atoms with E-state index >= 15 is 0 Å². The number of likely N-dealkylation sites (N-methyl/N-ethyl adjacent to an activating group) is 1. The molecule has 3 heterocycles. The Morgan fingerprint density at radius 2 is 2.15 bits per heavy atom. The normalized spacial score (nSPS) is 21.0. The number of amides is 2. The number of pyridine rings is 1. The topological polar surface area (TPSA) is 98.6 Å². The number of rotatable bonds is 5. The van der Waals surface area contributed by atoms with Crippen LogP contribution in [0.5, 0.6) is 5.75 Å². The van der Waals surface area contributed by atoms with Crippen molar-refractivity contribution in [2.75, 3.05) is 31.6 Å². The molecule has 0 aliphatic carbocycles. The molecule has 8 nitrogen and oxygen atoms in total. The number of fused-ring (bicyclic) bond motifs is 1. The molecule has 1 saturated heterocycles. The molecule has 2 unspecified atom stereocenters. The maximum absolute atomic E-state index is 13.6. The van der Waals surface area contributed by atoms with E-state index in [-0.39, 0.29) is 11.7 Å². The van der Waals surface area contributed by atoms with Crippen molar-refractivity contribution in [1.29, 1.82) is 5.26 Å². The summed E-state index contributed by atoms with van der Waals surface area (Å²) in [6, 6.07) is 9.71. The van der Waals surface area contributed by atoms with Gasteiger partial charge in [-0.15, -0.1) is 0 Å². The van der Waals surface area contributed by atoms with Crippen LogP contribution in [0.3, 0.4) is 0 Å². The Morgan fingerprint density at radius 3 is 2.94 bits per heavy atom. The third kappa shape index (κ3) is 4.98. The van der Waals surface area contributed by atoms with Gasteiger partial charge in [-0.2, -0.15) is 5.26 Å². The monoisotopic (exact) mass is 467 g/mol. The molecule has 4 rings (SSSR count). The number of carbonyl (C=O) groups is 2. The zero-order chi connectivity index (χ0) is 24.3. The number of alkyl halides is 2. The SMILES string of the molecule is CN1CC(C=Cc2cnccc2C(=O)NCC(=O)N2CC(F)(F)CC2C#N)Oc2ccccc21. The second kappa shape index (κ2) is 9.47. The molecule has 2 atom stereocenters. The highest BCUT2D eigenvalue weighted by Crippen LogP contribution is 2.33. The molecule has 0 bridgehead atoms. The molecule has 0 saturated carbocycles. The minimum atomic E-state index is -3.11. The third-order valence-corrected chi connectivity index (χ3v) is 5.74. The zero-order valence-corrected chi connectivity index (χ0v) is 18.4. The Kier molecular flexibility index (Phi) is 6.45. The van der Waals surface area contributed by atoms with Crippen LogP contribution in [0, 0.1) is 11.3 Å². The number of nitriles is 1. The van der Waals surface area contributed by atoms with Gasteiger partial charge in [0.25, 0.3) is 11.8 Å². The van der Waals surface area contributed by atoms with Gasteiger partial charge in [0.05, 0.1) is 31.4 Å². The van der Waals surface area contributed by atoms with Crippen LogP contribution in [0.4, 0.5) is 14.5 Å². The fraction of sp³-hybridized carbons (Fsp3) is 0.333. The number of halogens is 2. The molecular formula is C24H23F2N5O3. The second-order valence-electron chi connectivity index (χ2n) is 8.24. The molecule has 1 aromatic heterocycles. The van der Waals surface area contributed by atoms with Gasteiger partial charge >= 0.3 is 0 Å². The van der Waals surface area contributed by atoms with Crippen LogP contribution in [0.25, 0.3) is 6.08 Å². The number of anilines is 1. The van der Waals surface area contributed by atoms with Crippen molar-refractivity contribution in [3.05, 3.63) is 59.9 Å². The molecule has 10 heteroatoms. The number of para-hydroxylation sites is 2. The Morgan fingerprint density at radius 1 is 1.35 bits per heavy atom. The number of likely N-dealkylation sites (tertiary alicyclic amines) is 1. The minimum Gasteiger partial charge on any atom is -0.482 e. The van der Waals surface area contributed by atoms with Crippen LogP contribution >= 0.6 is 0 Å². The third-order valence-electron chi connectivity index (χ3n) is 5.74. The first-order valence-corrected chi connectivity index (χ1v) is 10.7. The van der Waals surface area contributed by atoms with Crippen LogP contribution in [-0.2, 0) is 4.79 Å². The zero-order valence-electron chi connectivity index (χ0n) is 18.4. The van der Waals surface area contributed by atoms with E-state index in [1.807, 2.05) is 37.4 Å². The first-order chi connectivity index (χ1) is 16.3. The maximum atomic E-state index is 13.6. The average Bonchev–Trinajstić information content (AvgIpc) is 3.16. The summed E-state index contributed by atoms with van der Waals surface area (Å²) >= 11 is 0. The van der Waals surface area contributed by atoms with Gasteiger partial charge in [-0.3, -0.25) is 14.6 Å². The molecule has 2 aliphatic heterocycles. The molecule has 34 heavy (non-hydrogen) atoms. The predicted molar refractivity (Wildman–Crippen MR) is 120 cm³/mol. The van der Waals surface area contributed by atoms with Crippen molar-refractivity contribution in [2.24, 2.45) is 0 Å². The number of carbonyl (C=O) groups excluding carboxylic acids is 2. The van der Waals surface area contributed by atoms with Gasteiger partial charge in [0.2, 0.25) is 5.91 Å². The number of benzene rings is 1. The lowest BCUT2D eigenvalue weighted by Crippen LogP contribution is -2.43. The van der Waals surface area contributed by atoms with Gasteiger partial charge in [-0.05, 0) is 24.3 Å². The van der Waals surface area contributed by atoms with Crippen LogP contribution in [0.15, 0.2) is 48.8 Å². The number of nitrogens with zero attached hydrogens (tertiary/aromatic N) is 4. The lowest BCUT2D eigenvalue weighted by Gasteiger charge is -2.32. The highest BCUT2D eigenvalue weighted by Gasteiger charge is 2.47. The van der Waals surface area contributed by atoms with Crippen LogP contribution in [-0.4, -0.2) is 66.4 Å². The van der Waals surface area contributed by atoms with Crippen LogP contribution in [0.1, 0.15) is 22.3 Å². The molecule has 2 aromatic rings. The van der Waals surface area contributed by atoms with E-state index in [2.05, 4.69) is 15.2 Å². The molecule has 0 spiro atoms. The quantitative estimate of drug-likeness (QED) is 0.726. The van der Waals surface area contributed by atoms with Crippen molar-refractivity contribution in [3.8, 4) is 11.8 Å². The van der Waals surface area contributed by atoms with Gasteiger partial charge in [-0.25, -0.2) is 8.78 Å². The molecule has 0 radical (unpaired) electrons. The second-order valence-corrected chi connectivity index (χ2v) is 8.24. The minimum absolute atomic E-state index is 0.252. The molecular weight excluding hydrogens is 444 g/mol. The summed E-state index contributed by atoms with van der Waals surface area (Å²) in [5, 5.41) is 11.5. The number of hydrogen-bond acceptors (Lipinski definition) is 6. The Hall–Kier alpha value is -4.00. The highest BCUT2D eigenvalue weighted by atomic mass is 19.3.